The number of Topliss-reactive ketones (excluding diaryl/α,β-unsaturated/α-hetero) is 1. The first-order valence-electron chi connectivity index (χ1n) is 7.56. The summed E-state index contributed by atoms with van der Waals surface area (Å²) < 4.78 is 6.01. The molecular weight excluding hydrogens is 228 g/mol. The van der Waals surface area contributed by atoms with Crippen LogP contribution in [0.3, 0.4) is 0 Å². The predicted octanol–water partition coefficient (Wildman–Crippen LogP) is 2.46. The van der Waals surface area contributed by atoms with Crippen molar-refractivity contribution in [2.75, 3.05) is 6.61 Å². The summed E-state index contributed by atoms with van der Waals surface area (Å²) >= 11 is 0. The van der Waals surface area contributed by atoms with Gasteiger partial charge in [0.15, 0.2) is 5.78 Å². The van der Waals surface area contributed by atoms with Crippen molar-refractivity contribution in [1.29, 1.82) is 0 Å². The van der Waals surface area contributed by atoms with Gasteiger partial charge in [-0.05, 0) is 44.4 Å². The van der Waals surface area contributed by atoms with Gasteiger partial charge in [0.05, 0.1) is 5.60 Å². The Bertz CT molecular complexity index is 310. The van der Waals surface area contributed by atoms with Crippen molar-refractivity contribution in [1.82, 2.24) is 0 Å². The van der Waals surface area contributed by atoms with Gasteiger partial charge in [-0.3, -0.25) is 4.79 Å². The molecule has 2 saturated carbocycles. The molecule has 2 atom stereocenters. The van der Waals surface area contributed by atoms with Crippen molar-refractivity contribution in [2.24, 2.45) is 11.8 Å². The average Bonchev–Trinajstić information content (AvgIpc) is 3.22. The molecule has 1 N–H and O–H groups in total. The summed E-state index contributed by atoms with van der Waals surface area (Å²) in [4.78, 5) is 12.3. The molecule has 2 unspecified atom stereocenters. The van der Waals surface area contributed by atoms with Crippen molar-refractivity contribution in [3.05, 3.63) is 0 Å². The molecule has 18 heavy (non-hydrogen) atoms. The van der Waals surface area contributed by atoms with Gasteiger partial charge in [0.2, 0.25) is 0 Å². The molecule has 0 aromatic carbocycles. The third kappa shape index (κ3) is 2.48. The largest absolute Gasteiger partial charge is 0.385 e. The quantitative estimate of drug-likeness (QED) is 0.839. The lowest BCUT2D eigenvalue weighted by Crippen LogP contribution is -2.45. The highest BCUT2D eigenvalue weighted by Gasteiger charge is 2.44. The molecule has 1 saturated heterocycles. The van der Waals surface area contributed by atoms with Crippen LogP contribution in [0.15, 0.2) is 0 Å². The van der Waals surface area contributed by atoms with Gasteiger partial charge >= 0.3 is 0 Å². The van der Waals surface area contributed by atoms with Gasteiger partial charge in [0, 0.05) is 12.5 Å². The van der Waals surface area contributed by atoms with Crippen LogP contribution in [-0.4, -0.2) is 29.2 Å². The van der Waals surface area contributed by atoms with E-state index in [0.29, 0.717) is 6.61 Å². The number of ketones is 1. The van der Waals surface area contributed by atoms with Crippen LogP contribution in [0.4, 0.5) is 0 Å². The van der Waals surface area contributed by atoms with E-state index in [9.17, 15) is 9.90 Å². The number of hydrogen-bond donors (Lipinski definition) is 1. The lowest BCUT2D eigenvalue weighted by molar-refractivity contribution is -0.150. The Morgan fingerprint density at radius 3 is 2.56 bits per heavy atom. The molecular formula is C15H24O3. The van der Waals surface area contributed by atoms with Crippen LogP contribution < -0.4 is 0 Å². The minimum absolute atomic E-state index is 0.0277. The highest BCUT2D eigenvalue weighted by molar-refractivity contribution is 5.86. The Balaban J connectivity index is 1.63. The van der Waals surface area contributed by atoms with Gasteiger partial charge in [-0.25, -0.2) is 0 Å². The zero-order chi connectivity index (χ0) is 12.6. The SMILES string of the molecule is O=C(C1CCOC2(CCCCC2)C1)C(O)C1CC1. The molecule has 102 valence electrons. The molecule has 3 aliphatic rings. The van der Waals surface area contributed by atoms with Crippen LogP contribution in [0.1, 0.15) is 57.8 Å². The van der Waals surface area contributed by atoms with Crippen LogP contribution in [0.2, 0.25) is 0 Å². The summed E-state index contributed by atoms with van der Waals surface area (Å²) in [5.74, 6) is 0.417. The molecule has 0 radical (unpaired) electrons. The summed E-state index contributed by atoms with van der Waals surface area (Å²) in [7, 11) is 0. The molecule has 0 aromatic rings. The second kappa shape index (κ2) is 4.93. The monoisotopic (exact) mass is 252 g/mol. The Morgan fingerprint density at radius 1 is 1.17 bits per heavy atom. The maximum Gasteiger partial charge on any atom is 0.164 e. The molecule has 0 aromatic heterocycles. The molecule has 0 bridgehead atoms. The fourth-order valence-corrected chi connectivity index (χ4v) is 3.70. The summed E-state index contributed by atoms with van der Waals surface area (Å²) in [5, 5.41) is 10.0. The van der Waals surface area contributed by atoms with Crippen molar-refractivity contribution in [3.8, 4) is 0 Å². The molecule has 1 spiro atoms. The van der Waals surface area contributed by atoms with Crippen molar-refractivity contribution >= 4 is 5.78 Å². The third-order valence-corrected chi connectivity index (χ3v) is 5.02. The number of carbonyl (C=O) groups excluding carboxylic acids is 1. The van der Waals surface area contributed by atoms with E-state index in [4.69, 9.17) is 4.74 Å². The van der Waals surface area contributed by atoms with Crippen molar-refractivity contribution < 1.29 is 14.6 Å². The minimum Gasteiger partial charge on any atom is -0.385 e. The second-order valence-corrected chi connectivity index (χ2v) is 6.47. The zero-order valence-electron chi connectivity index (χ0n) is 11.1. The van der Waals surface area contributed by atoms with E-state index in [1.807, 2.05) is 0 Å². The van der Waals surface area contributed by atoms with E-state index in [-0.39, 0.29) is 23.2 Å². The van der Waals surface area contributed by atoms with E-state index in [0.717, 1.165) is 38.5 Å². The van der Waals surface area contributed by atoms with Crippen LogP contribution in [0, 0.1) is 11.8 Å². The molecule has 1 heterocycles. The normalized spacial score (nSPS) is 33.3. The zero-order valence-corrected chi connectivity index (χ0v) is 11.1. The molecule has 3 rings (SSSR count). The van der Waals surface area contributed by atoms with Crippen LogP contribution in [0.5, 0.6) is 0 Å². The third-order valence-electron chi connectivity index (χ3n) is 5.02. The topological polar surface area (TPSA) is 46.5 Å². The first kappa shape index (κ1) is 12.6. The van der Waals surface area contributed by atoms with E-state index < -0.39 is 6.10 Å². The summed E-state index contributed by atoms with van der Waals surface area (Å²) in [6.07, 6.45) is 9.01. The number of carbonyl (C=O) groups is 1. The van der Waals surface area contributed by atoms with E-state index in [1.165, 1.54) is 19.3 Å². The fraction of sp³-hybridized carbons (Fsp3) is 0.933. The van der Waals surface area contributed by atoms with Crippen LogP contribution in [-0.2, 0) is 9.53 Å². The van der Waals surface area contributed by atoms with E-state index >= 15 is 0 Å². The lowest BCUT2D eigenvalue weighted by atomic mass is 9.74. The number of hydrogen-bond acceptors (Lipinski definition) is 3. The molecule has 3 nitrogen and oxygen atoms in total. The van der Waals surface area contributed by atoms with Gasteiger partial charge < -0.3 is 9.84 Å². The highest BCUT2D eigenvalue weighted by Crippen LogP contribution is 2.42. The van der Waals surface area contributed by atoms with Gasteiger partial charge in [-0.15, -0.1) is 0 Å². The molecule has 0 amide bonds. The molecule has 2 aliphatic carbocycles. The summed E-state index contributed by atoms with van der Waals surface area (Å²) in [6, 6.07) is 0. The smallest absolute Gasteiger partial charge is 0.164 e. The molecule has 3 fully saturated rings. The van der Waals surface area contributed by atoms with Crippen LogP contribution >= 0.6 is 0 Å². The first-order chi connectivity index (χ1) is 8.70. The predicted molar refractivity (Wildman–Crippen MR) is 68.2 cm³/mol. The lowest BCUT2D eigenvalue weighted by Gasteiger charge is -2.43. The van der Waals surface area contributed by atoms with Crippen molar-refractivity contribution in [2.45, 2.75) is 69.5 Å². The van der Waals surface area contributed by atoms with Crippen molar-refractivity contribution in [3.63, 3.8) is 0 Å². The number of rotatable bonds is 3. The second-order valence-electron chi connectivity index (χ2n) is 6.47. The van der Waals surface area contributed by atoms with Gasteiger partial charge in [0.1, 0.15) is 6.10 Å². The van der Waals surface area contributed by atoms with E-state index in [1.54, 1.807) is 0 Å². The fourth-order valence-electron chi connectivity index (χ4n) is 3.70. The maximum atomic E-state index is 12.3. The number of ether oxygens (including phenoxy) is 1. The van der Waals surface area contributed by atoms with Crippen LogP contribution in [0.25, 0.3) is 0 Å². The summed E-state index contributed by atoms with van der Waals surface area (Å²) in [6.45, 7) is 0.702. The summed E-state index contributed by atoms with van der Waals surface area (Å²) in [5.41, 5.74) is -0.0277. The minimum atomic E-state index is -0.686. The highest BCUT2D eigenvalue weighted by atomic mass is 16.5. The Labute approximate surface area is 109 Å². The first-order valence-corrected chi connectivity index (χ1v) is 7.56. The molecule has 1 aliphatic heterocycles. The number of aliphatic hydroxyl groups excluding tert-OH is 1. The Hall–Kier alpha value is -0.410. The van der Waals surface area contributed by atoms with E-state index in [2.05, 4.69) is 0 Å². The Kier molecular flexibility index (Phi) is 3.46. The van der Waals surface area contributed by atoms with Gasteiger partial charge in [-0.2, -0.15) is 0 Å². The van der Waals surface area contributed by atoms with Gasteiger partial charge in [-0.1, -0.05) is 19.3 Å². The maximum absolute atomic E-state index is 12.3. The average molecular weight is 252 g/mol. The molecule has 3 heteroatoms. The van der Waals surface area contributed by atoms with Gasteiger partial charge in [0.25, 0.3) is 0 Å². The standard InChI is InChI=1S/C15H24O3/c16-13(11-4-5-11)14(17)12-6-9-18-15(10-12)7-2-1-3-8-15/h11-13,16H,1-10H2. The number of aliphatic hydroxyl groups is 1. The Morgan fingerprint density at radius 2 is 1.89 bits per heavy atom.